The minimum absolute atomic E-state index is 0.189. The molecule has 2 bridgehead atoms. The summed E-state index contributed by atoms with van der Waals surface area (Å²) < 4.78 is 24.1. The maximum absolute atomic E-state index is 12.3. The lowest BCUT2D eigenvalue weighted by atomic mass is 9.48. The van der Waals surface area contributed by atoms with Crippen molar-refractivity contribution in [1.82, 2.24) is 0 Å². The van der Waals surface area contributed by atoms with Crippen molar-refractivity contribution in [2.45, 2.75) is 31.3 Å². The highest BCUT2D eigenvalue weighted by Gasteiger charge is 2.66. The third-order valence-electron chi connectivity index (χ3n) is 4.90. The van der Waals surface area contributed by atoms with Crippen LogP contribution in [0.15, 0.2) is 11.6 Å². The Morgan fingerprint density at radius 2 is 1.81 bits per heavy atom. The predicted molar refractivity (Wildman–Crippen MR) is 67.9 cm³/mol. The Hall–Kier alpha value is 0.0400. The SMILES string of the molecule is CC1=CC2(C3CC1C3(C)C)S(=O)CCS2=O. The summed E-state index contributed by atoms with van der Waals surface area (Å²) in [4.78, 5) is 0. The summed E-state index contributed by atoms with van der Waals surface area (Å²) in [5.41, 5.74) is 1.50. The van der Waals surface area contributed by atoms with Crippen molar-refractivity contribution < 1.29 is 8.42 Å². The Kier molecular flexibility index (Phi) is 2.14. The van der Waals surface area contributed by atoms with Gasteiger partial charge in [-0.1, -0.05) is 25.5 Å². The molecule has 0 aromatic carbocycles. The molecule has 1 saturated heterocycles. The van der Waals surface area contributed by atoms with Crippen LogP contribution in [0.1, 0.15) is 27.2 Å². The molecule has 0 amide bonds. The summed E-state index contributed by atoms with van der Waals surface area (Å²) in [6, 6.07) is 0. The number of hydrogen-bond donors (Lipinski definition) is 0. The van der Waals surface area contributed by atoms with E-state index >= 15 is 0 Å². The van der Waals surface area contributed by atoms with E-state index in [0.717, 1.165) is 6.42 Å². The van der Waals surface area contributed by atoms with Crippen LogP contribution in [0.3, 0.4) is 0 Å². The molecule has 2 nitrogen and oxygen atoms in total. The van der Waals surface area contributed by atoms with Gasteiger partial charge >= 0.3 is 0 Å². The molecule has 4 heteroatoms. The average molecular weight is 258 g/mol. The molecular formula is C12H18O2S2. The van der Waals surface area contributed by atoms with Crippen LogP contribution >= 0.6 is 0 Å². The highest BCUT2D eigenvalue weighted by Crippen LogP contribution is 2.65. The molecule has 0 N–H and O–H groups in total. The summed E-state index contributed by atoms with van der Waals surface area (Å²) in [5.74, 6) is 2.22. The molecule has 1 saturated carbocycles. The Morgan fingerprint density at radius 1 is 1.25 bits per heavy atom. The summed E-state index contributed by atoms with van der Waals surface area (Å²) in [6.07, 6.45) is 3.20. The van der Waals surface area contributed by atoms with Crippen molar-refractivity contribution in [2.75, 3.05) is 11.5 Å². The minimum atomic E-state index is -0.934. The van der Waals surface area contributed by atoms with Crippen LogP contribution < -0.4 is 0 Å². The molecule has 4 aliphatic rings. The van der Waals surface area contributed by atoms with Crippen molar-refractivity contribution in [3.63, 3.8) is 0 Å². The highest BCUT2D eigenvalue weighted by atomic mass is 32.3. The van der Waals surface area contributed by atoms with Crippen LogP contribution in [0, 0.1) is 17.3 Å². The first kappa shape index (κ1) is 11.1. The molecule has 3 aliphatic carbocycles. The molecule has 0 radical (unpaired) electrons. The highest BCUT2D eigenvalue weighted by molar-refractivity contribution is 8.07. The van der Waals surface area contributed by atoms with Crippen molar-refractivity contribution >= 4 is 21.6 Å². The lowest BCUT2D eigenvalue weighted by Gasteiger charge is -2.61. The lowest BCUT2D eigenvalue weighted by molar-refractivity contribution is -0.00985. The van der Waals surface area contributed by atoms with Gasteiger partial charge in [0.15, 0.2) is 0 Å². The Morgan fingerprint density at radius 3 is 2.25 bits per heavy atom. The van der Waals surface area contributed by atoms with Gasteiger partial charge in [0.2, 0.25) is 0 Å². The zero-order valence-corrected chi connectivity index (χ0v) is 11.6. The van der Waals surface area contributed by atoms with Crippen molar-refractivity contribution in [1.29, 1.82) is 0 Å². The summed E-state index contributed by atoms with van der Waals surface area (Å²) >= 11 is 0. The van der Waals surface area contributed by atoms with Crippen LogP contribution in [-0.2, 0) is 21.6 Å². The van der Waals surface area contributed by atoms with Crippen LogP contribution in [0.4, 0.5) is 0 Å². The standard InChI is InChI=1S/C12H18O2S2/c1-8-7-12(15(13)4-5-16(12)14)10-6-9(8)11(10,2)3/h7,9-10H,4-6H2,1-3H3. The summed E-state index contributed by atoms with van der Waals surface area (Å²) in [5, 5.41) is 0. The van der Waals surface area contributed by atoms with Crippen LogP contribution in [0.2, 0.25) is 0 Å². The van der Waals surface area contributed by atoms with E-state index in [-0.39, 0.29) is 5.41 Å². The average Bonchev–Trinajstić information content (AvgIpc) is 2.45. The molecule has 1 aliphatic heterocycles. The smallest absolute Gasteiger partial charge is 0.142 e. The van der Waals surface area contributed by atoms with Gasteiger partial charge < -0.3 is 0 Å². The Labute approximate surface area is 102 Å². The fourth-order valence-electron chi connectivity index (χ4n) is 3.92. The molecule has 4 unspecified atom stereocenters. The minimum Gasteiger partial charge on any atom is -0.258 e. The van der Waals surface area contributed by atoms with E-state index in [4.69, 9.17) is 0 Å². The second-order valence-corrected chi connectivity index (χ2v) is 9.68. The third-order valence-corrected chi connectivity index (χ3v) is 9.65. The number of rotatable bonds is 0. The first-order valence-corrected chi connectivity index (χ1v) is 8.51. The van der Waals surface area contributed by atoms with E-state index in [9.17, 15) is 8.42 Å². The molecule has 90 valence electrons. The van der Waals surface area contributed by atoms with E-state index in [1.807, 2.05) is 0 Å². The number of allylic oxidation sites excluding steroid dienone is 1. The van der Waals surface area contributed by atoms with Gasteiger partial charge in [-0.15, -0.1) is 0 Å². The maximum atomic E-state index is 12.3. The second-order valence-electron chi connectivity index (χ2n) is 5.87. The molecular weight excluding hydrogens is 240 g/mol. The number of hydrogen-bond acceptors (Lipinski definition) is 2. The van der Waals surface area contributed by atoms with Gasteiger partial charge in [0.05, 0.1) is 0 Å². The topological polar surface area (TPSA) is 34.1 Å². The molecule has 4 rings (SSSR count). The first-order chi connectivity index (χ1) is 7.40. The van der Waals surface area contributed by atoms with E-state index in [1.54, 1.807) is 0 Å². The van der Waals surface area contributed by atoms with Crippen molar-refractivity contribution in [2.24, 2.45) is 17.3 Å². The van der Waals surface area contributed by atoms with E-state index < -0.39 is 25.7 Å². The predicted octanol–water partition coefficient (Wildman–Crippen LogP) is 1.82. The van der Waals surface area contributed by atoms with Gasteiger partial charge in [0.25, 0.3) is 0 Å². The van der Waals surface area contributed by atoms with Crippen LogP contribution in [-0.4, -0.2) is 24.0 Å². The molecule has 4 atom stereocenters. The van der Waals surface area contributed by atoms with Crippen molar-refractivity contribution in [3.05, 3.63) is 11.6 Å². The van der Waals surface area contributed by atoms with E-state index in [2.05, 4.69) is 26.8 Å². The van der Waals surface area contributed by atoms with Gasteiger partial charge in [-0.25, -0.2) is 0 Å². The van der Waals surface area contributed by atoms with E-state index in [1.165, 1.54) is 5.57 Å². The molecule has 16 heavy (non-hydrogen) atoms. The quantitative estimate of drug-likeness (QED) is 0.621. The Bertz CT molecular complexity index is 420. The first-order valence-electron chi connectivity index (χ1n) is 5.87. The van der Waals surface area contributed by atoms with E-state index in [0.29, 0.717) is 23.3 Å². The van der Waals surface area contributed by atoms with Gasteiger partial charge in [0.1, 0.15) is 4.08 Å². The molecule has 1 spiro atoms. The fourth-order valence-corrected chi connectivity index (χ4v) is 9.17. The van der Waals surface area contributed by atoms with Crippen LogP contribution in [0.25, 0.3) is 0 Å². The monoisotopic (exact) mass is 258 g/mol. The zero-order chi connectivity index (χ0) is 11.7. The van der Waals surface area contributed by atoms with Crippen molar-refractivity contribution in [3.8, 4) is 0 Å². The lowest BCUT2D eigenvalue weighted by Crippen LogP contribution is -2.61. The largest absolute Gasteiger partial charge is 0.258 e. The second kappa shape index (κ2) is 3.08. The zero-order valence-electron chi connectivity index (χ0n) is 9.99. The van der Waals surface area contributed by atoms with Gasteiger partial charge in [0, 0.05) is 33.1 Å². The molecule has 0 aromatic rings. The molecule has 2 fully saturated rings. The third kappa shape index (κ3) is 1.03. The van der Waals surface area contributed by atoms with Gasteiger partial charge in [-0.05, 0) is 30.6 Å². The summed E-state index contributed by atoms with van der Waals surface area (Å²) in [6.45, 7) is 6.61. The maximum Gasteiger partial charge on any atom is 0.142 e. The Balaban J connectivity index is 2.19. The normalized spacial score (nSPS) is 53.6. The van der Waals surface area contributed by atoms with Gasteiger partial charge in [-0.2, -0.15) is 0 Å². The molecule has 0 aromatic heterocycles. The molecule has 1 heterocycles. The summed E-state index contributed by atoms with van der Waals surface area (Å²) in [7, 11) is -1.87. The van der Waals surface area contributed by atoms with Crippen LogP contribution in [0.5, 0.6) is 0 Å². The fraction of sp³-hybridized carbons (Fsp3) is 0.833. The van der Waals surface area contributed by atoms with Gasteiger partial charge in [-0.3, -0.25) is 8.42 Å².